The van der Waals surface area contributed by atoms with Gasteiger partial charge in [0, 0.05) is 6.54 Å². The molecule has 0 bridgehead atoms. The number of nitrogens with zero attached hydrogens (tertiary/aromatic N) is 3. The Morgan fingerprint density at radius 2 is 2.31 bits per heavy atom. The normalized spacial score (nSPS) is 9.94. The van der Waals surface area contributed by atoms with E-state index in [0.29, 0.717) is 24.0 Å². The summed E-state index contributed by atoms with van der Waals surface area (Å²) < 4.78 is 4.87. The molecule has 0 N–H and O–H groups in total. The highest BCUT2D eigenvalue weighted by atomic mass is 35.5. The third-order valence-electron chi connectivity index (χ3n) is 1.95. The van der Waals surface area contributed by atoms with Crippen LogP contribution in [-0.4, -0.2) is 35.6 Å². The predicted octanol–water partition coefficient (Wildman–Crippen LogP) is 1.52. The summed E-state index contributed by atoms with van der Waals surface area (Å²) in [5.74, 6) is 0.256. The maximum Gasteiger partial charge on any atom is 0.325 e. The molecule has 88 valence electrons. The Kier molecular flexibility index (Phi) is 4.98. The third-order valence-corrected chi connectivity index (χ3v) is 2.22. The van der Waals surface area contributed by atoms with E-state index < -0.39 is 0 Å². The topological polar surface area (TPSA) is 55.3 Å². The van der Waals surface area contributed by atoms with Crippen LogP contribution in [0.5, 0.6) is 0 Å². The molecule has 1 aromatic heterocycles. The van der Waals surface area contributed by atoms with Crippen LogP contribution < -0.4 is 4.90 Å². The smallest absolute Gasteiger partial charge is 0.325 e. The summed E-state index contributed by atoms with van der Waals surface area (Å²) in [5.41, 5.74) is 0. The lowest BCUT2D eigenvalue weighted by molar-refractivity contribution is -0.141. The van der Waals surface area contributed by atoms with Gasteiger partial charge in [0.25, 0.3) is 0 Å². The van der Waals surface area contributed by atoms with Crippen molar-refractivity contribution in [3.05, 3.63) is 17.5 Å². The molecule has 0 fully saturated rings. The number of anilines is 1. The summed E-state index contributed by atoms with van der Waals surface area (Å²) in [6.07, 6.45) is 2.90. The summed E-state index contributed by atoms with van der Waals surface area (Å²) >= 11 is 5.94. The first-order valence-corrected chi connectivity index (χ1v) is 5.42. The molecule has 16 heavy (non-hydrogen) atoms. The SMILES string of the molecule is CCOC(=O)CN(CC)c1ncncc1Cl. The van der Waals surface area contributed by atoms with E-state index >= 15 is 0 Å². The number of carbonyl (C=O) groups is 1. The van der Waals surface area contributed by atoms with Gasteiger partial charge in [-0.3, -0.25) is 4.79 Å². The summed E-state index contributed by atoms with van der Waals surface area (Å²) in [4.78, 5) is 20.9. The summed E-state index contributed by atoms with van der Waals surface area (Å²) in [7, 11) is 0. The van der Waals surface area contributed by atoms with Gasteiger partial charge >= 0.3 is 5.97 Å². The average Bonchev–Trinajstić information content (AvgIpc) is 2.27. The van der Waals surface area contributed by atoms with E-state index in [1.165, 1.54) is 12.5 Å². The molecule has 0 aliphatic heterocycles. The number of ether oxygens (including phenoxy) is 1. The van der Waals surface area contributed by atoms with Crippen molar-refractivity contribution in [3.8, 4) is 0 Å². The fraction of sp³-hybridized carbons (Fsp3) is 0.500. The van der Waals surface area contributed by atoms with Gasteiger partial charge in [-0.05, 0) is 13.8 Å². The van der Waals surface area contributed by atoms with Crippen LogP contribution in [0.4, 0.5) is 5.82 Å². The van der Waals surface area contributed by atoms with Gasteiger partial charge in [-0.1, -0.05) is 11.6 Å². The molecule has 6 heteroatoms. The molecule has 0 atom stereocenters. The molecule has 0 saturated carbocycles. The molecule has 0 saturated heterocycles. The lowest BCUT2D eigenvalue weighted by Gasteiger charge is -2.21. The van der Waals surface area contributed by atoms with Gasteiger partial charge in [0.1, 0.15) is 17.9 Å². The molecule has 0 aliphatic rings. The zero-order chi connectivity index (χ0) is 12.0. The van der Waals surface area contributed by atoms with E-state index in [0.717, 1.165) is 0 Å². The van der Waals surface area contributed by atoms with Crippen molar-refractivity contribution in [2.45, 2.75) is 13.8 Å². The van der Waals surface area contributed by atoms with Gasteiger partial charge in [-0.2, -0.15) is 0 Å². The number of hydrogen-bond acceptors (Lipinski definition) is 5. The highest BCUT2D eigenvalue weighted by Gasteiger charge is 2.14. The van der Waals surface area contributed by atoms with Crippen LogP contribution in [0, 0.1) is 0 Å². The highest BCUT2D eigenvalue weighted by Crippen LogP contribution is 2.20. The number of hydrogen-bond donors (Lipinski definition) is 0. The number of likely N-dealkylation sites (N-methyl/N-ethyl adjacent to an activating group) is 1. The van der Waals surface area contributed by atoms with Crippen molar-refractivity contribution in [3.63, 3.8) is 0 Å². The molecule has 5 nitrogen and oxygen atoms in total. The Morgan fingerprint density at radius 1 is 1.56 bits per heavy atom. The lowest BCUT2D eigenvalue weighted by Crippen LogP contribution is -2.31. The second kappa shape index (κ2) is 6.27. The maximum absolute atomic E-state index is 11.3. The Hall–Kier alpha value is -1.36. The van der Waals surface area contributed by atoms with Crippen molar-refractivity contribution in [2.24, 2.45) is 0 Å². The quantitative estimate of drug-likeness (QED) is 0.734. The number of aromatic nitrogens is 2. The number of esters is 1. The Balaban J connectivity index is 2.75. The third kappa shape index (κ3) is 3.34. The van der Waals surface area contributed by atoms with Crippen molar-refractivity contribution in [2.75, 3.05) is 24.6 Å². The van der Waals surface area contributed by atoms with Crippen LogP contribution in [0.25, 0.3) is 0 Å². The van der Waals surface area contributed by atoms with E-state index in [4.69, 9.17) is 16.3 Å². The monoisotopic (exact) mass is 243 g/mol. The van der Waals surface area contributed by atoms with Crippen LogP contribution in [-0.2, 0) is 9.53 Å². The Labute approximate surface area is 99.4 Å². The van der Waals surface area contributed by atoms with Crippen LogP contribution >= 0.6 is 11.6 Å². The second-order valence-electron chi connectivity index (χ2n) is 3.01. The summed E-state index contributed by atoms with van der Waals surface area (Å²) in [5, 5.41) is 0.425. The highest BCUT2D eigenvalue weighted by molar-refractivity contribution is 6.32. The predicted molar refractivity (Wildman–Crippen MR) is 61.6 cm³/mol. The Bertz CT molecular complexity index is 360. The summed E-state index contributed by atoms with van der Waals surface area (Å²) in [6, 6.07) is 0. The minimum Gasteiger partial charge on any atom is -0.465 e. The first-order chi connectivity index (χ1) is 7.69. The van der Waals surface area contributed by atoms with Crippen LogP contribution in [0.1, 0.15) is 13.8 Å². The minimum atomic E-state index is -0.293. The summed E-state index contributed by atoms with van der Waals surface area (Å²) in [6.45, 7) is 4.81. The standard InChI is InChI=1S/C10H14ClN3O2/c1-3-14(6-9(15)16-4-2)10-8(11)5-12-7-13-10/h5,7H,3-4,6H2,1-2H3. The van der Waals surface area contributed by atoms with Crippen molar-refractivity contribution >= 4 is 23.4 Å². The molecule has 1 heterocycles. The van der Waals surface area contributed by atoms with Crippen molar-refractivity contribution < 1.29 is 9.53 Å². The fourth-order valence-corrected chi connectivity index (χ4v) is 1.46. The van der Waals surface area contributed by atoms with Gasteiger partial charge in [0.15, 0.2) is 5.82 Å². The molecule has 0 aliphatic carbocycles. The van der Waals surface area contributed by atoms with Gasteiger partial charge in [0.2, 0.25) is 0 Å². The zero-order valence-corrected chi connectivity index (χ0v) is 10.1. The lowest BCUT2D eigenvalue weighted by atomic mass is 10.4. The van der Waals surface area contributed by atoms with Crippen LogP contribution in [0.2, 0.25) is 5.02 Å². The first kappa shape index (κ1) is 12.7. The molecule has 0 unspecified atom stereocenters. The number of carbonyl (C=O) groups excluding carboxylic acids is 1. The molecular weight excluding hydrogens is 230 g/mol. The number of rotatable bonds is 5. The Morgan fingerprint density at radius 3 is 2.88 bits per heavy atom. The van der Waals surface area contributed by atoms with E-state index in [-0.39, 0.29) is 12.5 Å². The molecule has 0 amide bonds. The fourth-order valence-electron chi connectivity index (χ4n) is 1.24. The first-order valence-electron chi connectivity index (χ1n) is 5.05. The second-order valence-corrected chi connectivity index (χ2v) is 3.42. The van der Waals surface area contributed by atoms with Gasteiger partial charge in [0.05, 0.1) is 12.8 Å². The average molecular weight is 244 g/mol. The van der Waals surface area contributed by atoms with Gasteiger partial charge in [-0.15, -0.1) is 0 Å². The van der Waals surface area contributed by atoms with E-state index in [2.05, 4.69) is 9.97 Å². The minimum absolute atomic E-state index is 0.140. The zero-order valence-electron chi connectivity index (χ0n) is 9.31. The van der Waals surface area contributed by atoms with Gasteiger partial charge in [-0.25, -0.2) is 9.97 Å². The van der Waals surface area contributed by atoms with E-state index in [1.807, 2.05) is 6.92 Å². The molecule has 0 aromatic carbocycles. The molecule has 0 spiro atoms. The van der Waals surface area contributed by atoms with Crippen molar-refractivity contribution in [1.82, 2.24) is 9.97 Å². The molecule has 1 aromatic rings. The van der Waals surface area contributed by atoms with E-state index in [1.54, 1.807) is 11.8 Å². The molecule has 1 rings (SSSR count). The van der Waals surface area contributed by atoms with E-state index in [9.17, 15) is 4.79 Å². The van der Waals surface area contributed by atoms with Crippen LogP contribution in [0.15, 0.2) is 12.5 Å². The van der Waals surface area contributed by atoms with Gasteiger partial charge < -0.3 is 9.64 Å². The maximum atomic E-state index is 11.3. The van der Waals surface area contributed by atoms with Crippen molar-refractivity contribution in [1.29, 1.82) is 0 Å². The molecule has 0 radical (unpaired) electrons. The van der Waals surface area contributed by atoms with Crippen LogP contribution in [0.3, 0.4) is 0 Å². The number of halogens is 1. The molecular formula is C10H14ClN3O2. The largest absolute Gasteiger partial charge is 0.465 e.